The fourth-order valence-corrected chi connectivity index (χ4v) is 4.98. The van der Waals surface area contributed by atoms with Gasteiger partial charge in [0.25, 0.3) is 5.91 Å². The highest BCUT2D eigenvalue weighted by molar-refractivity contribution is 7.98. The molecule has 0 unspecified atom stereocenters. The number of nitrogens with zero attached hydrogens (tertiary/aromatic N) is 5. The molecule has 1 N–H and O–H groups in total. The van der Waals surface area contributed by atoms with Crippen LogP contribution in [-0.4, -0.2) is 51.6 Å². The summed E-state index contributed by atoms with van der Waals surface area (Å²) in [6, 6.07) is 13.2. The van der Waals surface area contributed by atoms with Gasteiger partial charge in [0.05, 0.1) is 25.6 Å². The molecule has 0 saturated carbocycles. The molecular weight excluding hydrogens is 524 g/mol. The smallest absolute Gasteiger partial charge is 0.273 e. The standard InChI is InChI=1S/C27H29ClN6O3S/c1-16-6-8-20(14-21(16)28)34-22(15-38-27-30-17(2)12-18(3)31-27)25(32-33-34)26(35)29-11-10-19-7-9-23(36-4)24(13-19)37-5/h6-9,12-14H,10-11,15H2,1-5H3,(H,29,35). The Kier molecular flexibility index (Phi) is 8.85. The van der Waals surface area contributed by atoms with Crippen molar-refractivity contribution in [1.29, 1.82) is 0 Å². The average molecular weight is 553 g/mol. The maximum absolute atomic E-state index is 13.2. The fraction of sp³-hybridized carbons (Fsp3) is 0.296. The molecule has 0 bridgehead atoms. The first kappa shape index (κ1) is 27.4. The van der Waals surface area contributed by atoms with Gasteiger partial charge in [-0.15, -0.1) is 5.10 Å². The molecule has 38 heavy (non-hydrogen) atoms. The van der Waals surface area contributed by atoms with Crippen molar-refractivity contribution in [3.05, 3.63) is 81.4 Å². The van der Waals surface area contributed by atoms with Crippen molar-refractivity contribution >= 4 is 29.3 Å². The molecule has 2 heterocycles. The third-order valence-corrected chi connectivity index (χ3v) is 7.09. The Morgan fingerprint density at radius 3 is 2.42 bits per heavy atom. The highest BCUT2D eigenvalue weighted by atomic mass is 35.5. The Labute approximate surface area is 230 Å². The molecule has 0 atom stereocenters. The van der Waals surface area contributed by atoms with Crippen molar-refractivity contribution in [2.75, 3.05) is 20.8 Å². The predicted molar refractivity (Wildman–Crippen MR) is 148 cm³/mol. The highest BCUT2D eigenvalue weighted by Crippen LogP contribution is 2.28. The number of benzene rings is 2. The SMILES string of the molecule is COc1ccc(CCNC(=O)c2nnn(-c3ccc(C)c(Cl)c3)c2CSc2nc(C)cc(C)n2)cc1OC. The molecule has 4 aromatic rings. The molecule has 1 amide bonds. The van der Waals surface area contributed by atoms with Crippen LogP contribution < -0.4 is 14.8 Å². The molecule has 0 fully saturated rings. The van der Waals surface area contributed by atoms with Crippen LogP contribution in [0.15, 0.2) is 47.6 Å². The number of ether oxygens (including phenoxy) is 2. The third kappa shape index (κ3) is 6.43. The summed E-state index contributed by atoms with van der Waals surface area (Å²) in [5.74, 6) is 1.37. The van der Waals surface area contributed by atoms with E-state index in [0.29, 0.717) is 46.1 Å². The van der Waals surface area contributed by atoms with E-state index in [9.17, 15) is 4.79 Å². The van der Waals surface area contributed by atoms with Gasteiger partial charge in [0, 0.05) is 28.7 Å². The van der Waals surface area contributed by atoms with Crippen molar-refractivity contribution in [2.24, 2.45) is 0 Å². The summed E-state index contributed by atoms with van der Waals surface area (Å²) in [5.41, 5.74) is 5.30. The predicted octanol–water partition coefficient (Wildman–Crippen LogP) is 4.92. The van der Waals surface area contributed by atoms with Crippen molar-refractivity contribution in [3.63, 3.8) is 0 Å². The summed E-state index contributed by atoms with van der Waals surface area (Å²) in [5, 5.41) is 12.7. The second-order valence-electron chi connectivity index (χ2n) is 8.65. The molecular formula is C27H29ClN6O3S. The van der Waals surface area contributed by atoms with E-state index < -0.39 is 0 Å². The van der Waals surface area contributed by atoms with Crippen LogP contribution >= 0.6 is 23.4 Å². The van der Waals surface area contributed by atoms with E-state index in [1.54, 1.807) is 18.9 Å². The number of hydrogen-bond donors (Lipinski definition) is 1. The largest absolute Gasteiger partial charge is 0.493 e. The van der Waals surface area contributed by atoms with Crippen molar-refractivity contribution in [3.8, 4) is 17.2 Å². The number of aryl methyl sites for hydroxylation is 3. The van der Waals surface area contributed by atoms with Crippen LogP contribution in [0, 0.1) is 20.8 Å². The van der Waals surface area contributed by atoms with Crippen LogP contribution in [0.1, 0.15) is 38.7 Å². The maximum Gasteiger partial charge on any atom is 0.273 e. The molecule has 2 aromatic heterocycles. The lowest BCUT2D eigenvalue weighted by molar-refractivity contribution is 0.0948. The number of carbonyl (C=O) groups excluding carboxylic acids is 1. The number of carbonyl (C=O) groups is 1. The van der Waals surface area contributed by atoms with E-state index in [1.165, 1.54) is 11.8 Å². The van der Waals surface area contributed by atoms with Gasteiger partial charge in [0.1, 0.15) is 0 Å². The number of hydrogen-bond acceptors (Lipinski definition) is 8. The van der Waals surface area contributed by atoms with Gasteiger partial charge >= 0.3 is 0 Å². The molecule has 0 aliphatic carbocycles. The van der Waals surface area contributed by atoms with Gasteiger partial charge in [-0.3, -0.25) is 4.79 Å². The first-order chi connectivity index (χ1) is 18.3. The number of rotatable bonds is 10. The van der Waals surface area contributed by atoms with Crippen LogP contribution in [-0.2, 0) is 12.2 Å². The Balaban J connectivity index is 1.55. The lowest BCUT2D eigenvalue weighted by Gasteiger charge is -2.11. The van der Waals surface area contributed by atoms with Crippen molar-refractivity contribution in [1.82, 2.24) is 30.3 Å². The molecule has 9 nitrogen and oxygen atoms in total. The Hall–Kier alpha value is -3.63. The third-order valence-electron chi connectivity index (χ3n) is 5.83. The van der Waals surface area contributed by atoms with E-state index in [-0.39, 0.29) is 11.6 Å². The number of halogens is 1. The Bertz CT molecular complexity index is 1440. The van der Waals surface area contributed by atoms with Gasteiger partial charge in [0.2, 0.25) is 0 Å². The number of methoxy groups -OCH3 is 2. The van der Waals surface area contributed by atoms with Crippen molar-refractivity contribution in [2.45, 2.75) is 38.1 Å². The topological polar surface area (TPSA) is 104 Å². The summed E-state index contributed by atoms with van der Waals surface area (Å²) >= 11 is 7.80. The number of amides is 1. The molecule has 0 aliphatic heterocycles. The summed E-state index contributed by atoms with van der Waals surface area (Å²) < 4.78 is 12.3. The Morgan fingerprint density at radius 1 is 1.00 bits per heavy atom. The first-order valence-corrected chi connectivity index (χ1v) is 13.3. The minimum Gasteiger partial charge on any atom is -0.493 e. The minimum absolute atomic E-state index is 0.242. The van der Waals surface area contributed by atoms with Gasteiger partial charge in [-0.1, -0.05) is 40.7 Å². The van der Waals surface area contributed by atoms with E-state index in [2.05, 4.69) is 25.6 Å². The summed E-state index contributed by atoms with van der Waals surface area (Å²) in [4.78, 5) is 22.2. The number of aromatic nitrogens is 5. The van der Waals surface area contributed by atoms with Gasteiger partial charge in [-0.25, -0.2) is 14.6 Å². The molecule has 4 rings (SSSR count). The highest BCUT2D eigenvalue weighted by Gasteiger charge is 2.22. The molecule has 0 radical (unpaired) electrons. The van der Waals surface area contributed by atoms with E-state index in [1.807, 2.05) is 63.2 Å². The van der Waals surface area contributed by atoms with Crippen LogP contribution in [0.5, 0.6) is 11.5 Å². The number of nitrogens with one attached hydrogen (secondary N) is 1. The van der Waals surface area contributed by atoms with E-state index in [4.69, 9.17) is 21.1 Å². The molecule has 0 aliphatic rings. The Morgan fingerprint density at radius 2 is 1.74 bits per heavy atom. The van der Waals surface area contributed by atoms with E-state index >= 15 is 0 Å². The van der Waals surface area contributed by atoms with Gasteiger partial charge in [-0.05, 0) is 68.7 Å². The van der Waals surface area contributed by atoms with Crippen LogP contribution in [0.25, 0.3) is 5.69 Å². The van der Waals surface area contributed by atoms with Crippen LogP contribution in [0.3, 0.4) is 0 Å². The summed E-state index contributed by atoms with van der Waals surface area (Å²) in [6.07, 6.45) is 0.605. The van der Waals surface area contributed by atoms with Gasteiger partial charge < -0.3 is 14.8 Å². The molecule has 11 heteroatoms. The molecule has 0 spiro atoms. The minimum atomic E-state index is -0.313. The maximum atomic E-state index is 13.2. The lowest BCUT2D eigenvalue weighted by Crippen LogP contribution is -2.27. The monoisotopic (exact) mass is 552 g/mol. The second kappa shape index (κ2) is 12.3. The summed E-state index contributed by atoms with van der Waals surface area (Å²) in [6.45, 7) is 6.19. The first-order valence-electron chi connectivity index (χ1n) is 11.9. The van der Waals surface area contributed by atoms with Crippen LogP contribution in [0.4, 0.5) is 0 Å². The molecule has 198 valence electrons. The van der Waals surface area contributed by atoms with Crippen LogP contribution in [0.2, 0.25) is 5.02 Å². The zero-order valence-corrected chi connectivity index (χ0v) is 23.5. The summed E-state index contributed by atoms with van der Waals surface area (Å²) in [7, 11) is 3.19. The fourth-order valence-electron chi connectivity index (χ4n) is 3.86. The molecule has 2 aromatic carbocycles. The van der Waals surface area contributed by atoms with Gasteiger partial charge in [-0.2, -0.15) is 0 Å². The number of thioether (sulfide) groups is 1. The zero-order chi connectivity index (χ0) is 27.2. The second-order valence-corrected chi connectivity index (χ2v) is 10.00. The van der Waals surface area contributed by atoms with E-state index in [0.717, 1.165) is 28.2 Å². The zero-order valence-electron chi connectivity index (χ0n) is 21.9. The quantitative estimate of drug-likeness (QED) is 0.218. The van der Waals surface area contributed by atoms with Gasteiger partial charge in [0.15, 0.2) is 22.3 Å². The van der Waals surface area contributed by atoms with Crippen molar-refractivity contribution < 1.29 is 14.3 Å². The lowest BCUT2D eigenvalue weighted by atomic mass is 10.1. The molecule has 0 saturated heterocycles. The average Bonchev–Trinajstić information content (AvgIpc) is 3.32. The normalized spacial score (nSPS) is 10.9.